The van der Waals surface area contributed by atoms with E-state index < -0.39 is 23.8 Å². The maximum absolute atomic E-state index is 13.6. The number of rotatable bonds is 7. The average Bonchev–Trinajstić information content (AvgIpc) is 2.75. The van der Waals surface area contributed by atoms with Crippen LogP contribution in [0.25, 0.3) is 0 Å². The summed E-state index contributed by atoms with van der Waals surface area (Å²) in [5.74, 6) is -1.39. The molecule has 0 aromatic heterocycles. The van der Waals surface area contributed by atoms with E-state index in [2.05, 4.69) is 28.2 Å². The number of allylic oxidation sites excluding steroid dienone is 3. The van der Waals surface area contributed by atoms with Crippen molar-refractivity contribution in [1.82, 2.24) is 5.32 Å². The third-order valence-corrected chi connectivity index (χ3v) is 7.17. The number of carbonyl (C=O) groups excluding carboxylic acids is 3. The van der Waals surface area contributed by atoms with E-state index in [4.69, 9.17) is 9.47 Å². The molecule has 1 aliphatic carbocycles. The molecule has 3 atom stereocenters. The van der Waals surface area contributed by atoms with Gasteiger partial charge in [-0.2, -0.15) is 11.8 Å². The number of nitrogens with one attached hydrogen (secondary N) is 1. The van der Waals surface area contributed by atoms with Gasteiger partial charge in [0.15, 0.2) is 5.78 Å². The first-order valence-corrected chi connectivity index (χ1v) is 12.6. The van der Waals surface area contributed by atoms with Crippen molar-refractivity contribution in [3.63, 3.8) is 0 Å². The number of dihydropyridines is 1. The first-order chi connectivity index (χ1) is 15.3. The Hall–Kier alpha value is -2.06. The summed E-state index contributed by atoms with van der Waals surface area (Å²) in [6.45, 7) is 6.04. The van der Waals surface area contributed by atoms with Crippen LogP contribution in [0, 0.1) is 11.8 Å². The highest BCUT2D eigenvalue weighted by Crippen LogP contribution is 2.45. The van der Waals surface area contributed by atoms with Gasteiger partial charge in [0.25, 0.3) is 0 Å². The minimum absolute atomic E-state index is 0.211. The van der Waals surface area contributed by atoms with E-state index >= 15 is 0 Å². The number of carbonyl (C=O) groups is 3. The second-order valence-corrected chi connectivity index (χ2v) is 10.2. The molecule has 8 heteroatoms. The predicted molar refractivity (Wildman–Crippen MR) is 128 cm³/mol. The molecule has 2 aliphatic rings. The van der Waals surface area contributed by atoms with Crippen LogP contribution in [0.4, 0.5) is 0 Å². The third-order valence-electron chi connectivity index (χ3n) is 5.81. The third kappa shape index (κ3) is 4.96. The van der Waals surface area contributed by atoms with E-state index in [1.54, 1.807) is 11.8 Å². The highest BCUT2D eigenvalue weighted by Gasteiger charge is 2.47. The largest absolute Gasteiger partial charge is 0.468 e. The Morgan fingerprint density at radius 2 is 2.06 bits per heavy atom. The van der Waals surface area contributed by atoms with Gasteiger partial charge in [-0.15, -0.1) is 0 Å². The zero-order chi connectivity index (χ0) is 23.4. The minimum Gasteiger partial charge on any atom is -0.468 e. The molecule has 1 N–H and O–H groups in total. The van der Waals surface area contributed by atoms with Crippen molar-refractivity contribution in [2.45, 2.75) is 33.1 Å². The van der Waals surface area contributed by atoms with Gasteiger partial charge in [-0.05, 0) is 42.7 Å². The molecule has 0 amide bonds. The Morgan fingerprint density at radius 1 is 1.31 bits per heavy atom. The summed E-state index contributed by atoms with van der Waals surface area (Å²) in [6, 6.07) is 7.54. The van der Waals surface area contributed by atoms with Crippen molar-refractivity contribution >= 4 is 45.4 Å². The molecular weight excluding hydrogens is 494 g/mol. The number of halogens is 1. The number of esters is 2. The Bertz CT molecular complexity index is 986. The second kappa shape index (κ2) is 10.7. The van der Waals surface area contributed by atoms with Gasteiger partial charge >= 0.3 is 11.9 Å². The van der Waals surface area contributed by atoms with Gasteiger partial charge in [0, 0.05) is 33.1 Å². The van der Waals surface area contributed by atoms with Crippen LogP contribution in [0.3, 0.4) is 0 Å². The lowest BCUT2D eigenvalue weighted by Crippen LogP contribution is -2.43. The second-order valence-electron chi connectivity index (χ2n) is 7.92. The molecule has 0 spiro atoms. The molecule has 0 saturated carbocycles. The van der Waals surface area contributed by atoms with Crippen molar-refractivity contribution in [3.05, 3.63) is 56.8 Å². The molecule has 0 unspecified atom stereocenters. The number of Topliss-reactive ketones (excluding diaryl/α,β-unsaturated/α-hetero) is 1. The van der Waals surface area contributed by atoms with Crippen LogP contribution >= 0.6 is 27.7 Å². The van der Waals surface area contributed by atoms with Crippen molar-refractivity contribution in [1.29, 1.82) is 0 Å². The highest BCUT2D eigenvalue weighted by molar-refractivity contribution is 9.10. The fourth-order valence-electron chi connectivity index (χ4n) is 4.39. The topological polar surface area (TPSA) is 81.7 Å². The fraction of sp³-hybridized carbons (Fsp3) is 0.458. The van der Waals surface area contributed by atoms with Crippen LogP contribution in [0.5, 0.6) is 0 Å². The van der Waals surface area contributed by atoms with Gasteiger partial charge in [0.05, 0.1) is 12.7 Å². The van der Waals surface area contributed by atoms with E-state index in [0.29, 0.717) is 35.6 Å². The zero-order valence-corrected chi connectivity index (χ0v) is 21.1. The molecule has 3 rings (SSSR count). The molecule has 32 heavy (non-hydrogen) atoms. The molecule has 1 aromatic carbocycles. The van der Waals surface area contributed by atoms with Gasteiger partial charge in [-0.1, -0.05) is 41.9 Å². The summed E-state index contributed by atoms with van der Waals surface area (Å²) in [6.07, 6.45) is 0.512. The molecule has 6 nitrogen and oxygen atoms in total. The van der Waals surface area contributed by atoms with E-state index in [-0.39, 0.29) is 11.7 Å². The highest BCUT2D eigenvalue weighted by atomic mass is 79.9. The van der Waals surface area contributed by atoms with Crippen LogP contribution in [0.1, 0.15) is 38.7 Å². The monoisotopic (exact) mass is 521 g/mol. The quantitative estimate of drug-likeness (QED) is 0.324. The summed E-state index contributed by atoms with van der Waals surface area (Å²) < 4.78 is 11.3. The summed E-state index contributed by atoms with van der Waals surface area (Å²) in [5, 5.41) is 3.27. The van der Waals surface area contributed by atoms with Crippen LogP contribution in [0.15, 0.2) is 51.3 Å². The minimum atomic E-state index is -0.896. The van der Waals surface area contributed by atoms with Gasteiger partial charge < -0.3 is 14.8 Å². The molecule has 1 aliphatic heterocycles. The summed E-state index contributed by atoms with van der Waals surface area (Å²) in [5.41, 5.74) is 3.04. The van der Waals surface area contributed by atoms with Crippen molar-refractivity contribution in [2.75, 3.05) is 25.2 Å². The molecule has 1 heterocycles. The normalized spacial score (nSPS) is 22.9. The van der Waals surface area contributed by atoms with E-state index in [0.717, 1.165) is 21.5 Å². The van der Waals surface area contributed by atoms with Crippen molar-refractivity contribution in [3.8, 4) is 0 Å². The first-order valence-electron chi connectivity index (χ1n) is 10.6. The fourth-order valence-corrected chi connectivity index (χ4v) is 5.29. The van der Waals surface area contributed by atoms with Crippen molar-refractivity contribution in [2.24, 2.45) is 11.8 Å². The SMILES string of the molecule is CCSCCOC(=O)C1=C(C)NC2=C(C(=O)[C@H](C(=O)OC)[C@H](C)C2)[C@H]1c1cccc(Br)c1. The lowest BCUT2D eigenvalue weighted by atomic mass is 9.69. The molecule has 0 bridgehead atoms. The number of hydrogen-bond acceptors (Lipinski definition) is 7. The smallest absolute Gasteiger partial charge is 0.336 e. The molecule has 0 radical (unpaired) electrons. The molecule has 1 aromatic rings. The first kappa shape index (κ1) is 24.6. The van der Waals surface area contributed by atoms with Gasteiger partial charge in [0.1, 0.15) is 12.5 Å². The molecular formula is C24H28BrNO5S. The van der Waals surface area contributed by atoms with Crippen molar-refractivity contribution < 1.29 is 23.9 Å². The summed E-state index contributed by atoms with van der Waals surface area (Å²) in [7, 11) is 1.29. The van der Waals surface area contributed by atoms with Crippen LogP contribution < -0.4 is 5.32 Å². The van der Waals surface area contributed by atoms with Gasteiger partial charge in [0.2, 0.25) is 0 Å². The van der Waals surface area contributed by atoms with E-state index in [9.17, 15) is 14.4 Å². The summed E-state index contributed by atoms with van der Waals surface area (Å²) >= 11 is 5.18. The number of ether oxygens (including phenoxy) is 2. The maximum Gasteiger partial charge on any atom is 0.336 e. The number of methoxy groups -OCH3 is 1. The lowest BCUT2D eigenvalue weighted by Gasteiger charge is -2.38. The Morgan fingerprint density at radius 3 is 2.72 bits per heavy atom. The maximum atomic E-state index is 13.6. The number of thioether (sulfide) groups is 1. The average molecular weight is 522 g/mol. The van der Waals surface area contributed by atoms with E-state index in [1.165, 1.54) is 7.11 Å². The zero-order valence-electron chi connectivity index (χ0n) is 18.7. The standard InChI is InChI=1S/C24H28BrNO5S/c1-5-32-10-9-31-24(29)19-14(3)26-17-11-13(2)18(23(28)30-4)22(27)21(17)20(19)15-7-6-8-16(25)12-15/h6-8,12-13,18,20,26H,5,9-11H2,1-4H3/t13-,18-,20+/m1/s1. The Labute approximate surface area is 201 Å². The van der Waals surface area contributed by atoms with Gasteiger partial charge in [-0.3, -0.25) is 9.59 Å². The Kier molecular flexibility index (Phi) is 8.22. The van der Waals surface area contributed by atoms with E-state index in [1.807, 2.05) is 38.1 Å². The van der Waals surface area contributed by atoms with Crippen LogP contribution in [-0.4, -0.2) is 42.9 Å². The predicted octanol–water partition coefficient (Wildman–Crippen LogP) is 4.36. The Balaban J connectivity index is 2.07. The molecule has 0 fully saturated rings. The summed E-state index contributed by atoms with van der Waals surface area (Å²) in [4.78, 5) is 39.3. The lowest BCUT2D eigenvalue weighted by molar-refractivity contribution is -0.151. The molecule has 172 valence electrons. The number of benzene rings is 1. The number of hydrogen-bond donors (Lipinski definition) is 1. The van der Waals surface area contributed by atoms with Crippen LogP contribution in [0.2, 0.25) is 0 Å². The van der Waals surface area contributed by atoms with Gasteiger partial charge in [-0.25, -0.2) is 4.79 Å². The van der Waals surface area contributed by atoms with Crippen LogP contribution in [-0.2, 0) is 23.9 Å². The molecule has 0 saturated heterocycles. The number of ketones is 1.